The number of benzene rings is 2. The molecule has 6 heteroatoms. The largest absolute Gasteiger partial charge is 0.461 e. The molecule has 0 aliphatic rings. The van der Waals surface area contributed by atoms with Crippen molar-refractivity contribution < 1.29 is 28.5 Å². The van der Waals surface area contributed by atoms with Crippen molar-refractivity contribution >= 4 is 11.9 Å². The van der Waals surface area contributed by atoms with Gasteiger partial charge in [-0.1, -0.05) is 60.7 Å². The molecular weight excluding hydrogens is 384 g/mol. The summed E-state index contributed by atoms with van der Waals surface area (Å²) in [6, 6.07) is 18.8. The van der Waals surface area contributed by atoms with Crippen LogP contribution in [0.25, 0.3) is 0 Å². The van der Waals surface area contributed by atoms with Crippen LogP contribution in [0.1, 0.15) is 38.8 Å². The van der Waals surface area contributed by atoms with Gasteiger partial charge in [-0.25, -0.2) is 9.59 Å². The van der Waals surface area contributed by atoms with Crippen molar-refractivity contribution in [3.63, 3.8) is 0 Å². The zero-order valence-electron chi connectivity index (χ0n) is 17.9. The molecule has 0 aromatic heterocycles. The van der Waals surface area contributed by atoms with Crippen LogP contribution in [0.15, 0.2) is 60.7 Å². The fourth-order valence-electron chi connectivity index (χ4n) is 2.68. The molecule has 0 bridgehead atoms. The van der Waals surface area contributed by atoms with E-state index in [-0.39, 0.29) is 25.4 Å². The Balaban J connectivity index is 2.23. The van der Waals surface area contributed by atoms with E-state index in [1.54, 1.807) is 27.7 Å². The predicted molar refractivity (Wildman–Crippen MR) is 112 cm³/mol. The summed E-state index contributed by atoms with van der Waals surface area (Å²) in [6.07, 6.45) is -3.25. The van der Waals surface area contributed by atoms with Gasteiger partial charge in [0.2, 0.25) is 0 Å². The number of esters is 2. The van der Waals surface area contributed by atoms with Crippen LogP contribution in [-0.2, 0) is 41.8 Å². The summed E-state index contributed by atoms with van der Waals surface area (Å²) in [5, 5.41) is 0. The van der Waals surface area contributed by atoms with E-state index >= 15 is 0 Å². The molecule has 0 spiro atoms. The molecule has 0 aliphatic carbocycles. The fraction of sp³-hybridized carbons (Fsp3) is 0.417. The van der Waals surface area contributed by atoms with Gasteiger partial charge >= 0.3 is 11.9 Å². The van der Waals surface area contributed by atoms with Gasteiger partial charge in [-0.05, 0) is 38.8 Å². The molecule has 30 heavy (non-hydrogen) atoms. The van der Waals surface area contributed by atoms with Gasteiger partial charge in [0.15, 0.2) is 12.2 Å². The van der Waals surface area contributed by atoms with Gasteiger partial charge in [-0.15, -0.1) is 0 Å². The Morgan fingerprint density at radius 3 is 1.27 bits per heavy atom. The number of carbonyl (C=O) groups is 2. The lowest BCUT2D eigenvalue weighted by molar-refractivity contribution is -0.190. The third-order valence-electron chi connectivity index (χ3n) is 3.99. The zero-order valence-corrected chi connectivity index (χ0v) is 17.9. The lowest BCUT2D eigenvalue weighted by Crippen LogP contribution is -2.46. The maximum absolute atomic E-state index is 12.8. The molecule has 2 aromatic rings. The normalized spacial score (nSPS) is 13.1. The highest BCUT2D eigenvalue weighted by atomic mass is 16.6. The zero-order chi connectivity index (χ0) is 21.9. The van der Waals surface area contributed by atoms with E-state index < -0.39 is 24.1 Å². The van der Waals surface area contributed by atoms with E-state index in [1.165, 1.54) is 0 Å². The molecule has 0 radical (unpaired) electrons. The van der Waals surface area contributed by atoms with Crippen LogP contribution < -0.4 is 0 Å². The summed E-state index contributed by atoms with van der Waals surface area (Å²) in [5.41, 5.74) is 1.72. The fourth-order valence-corrected chi connectivity index (χ4v) is 2.68. The standard InChI is InChI=1S/C24H30O6/c1-17(2)29-23(25)21(27-15-19-11-7-5-8-12-19)22(24(26)30-18(3)4)28-16-20-13-9-6-10-14-20/h5-14,17-18,21-22H,15-16H2,1-4H3/t21-,22-/m0/s1. The molecule has 2 atom stereocenters. The van der Waals surface area contributed by atoms with Crippen LogP contribution in [0.2, 0.25) is 0 Å². The minimum absolute atomic E-state index is 0.124. The average Bonchev–Trinajstić information content (AvgIpc) is 2.70. The molecule has 0 heterocycles. The Hall–Kier alpha value is -2.70. The van der Waals surface area contributed by atoms with Crippen molar-refractivity contribution in [2.45, 2.75) is 65.3 Å². The van der Waals surface area contributed by atoms with E-state index in [9.17, 15) is 9.59 Å². The minimum Gasteiger partial charge on any atom is -0.461 e. The van der Waals surface area contributed by atoms with Crippen LogP contribution >= 0.6 is 0 Å². The second-order valence-corrected chi connectivity index (χ2v) is 7.41. The predicted octanol–water partition coefficient (Wildman–Crippen LogP) is 4.06. The van der Waals surface area contributed by atoms with Crippen LogP contribution in [-0.4, -0.2) is 36.4 Å². The lowest BCUT2D eigenvalue weighted by Gasteiger charge is -2.26. The first-order valence-corrected chi connectivity index (χ1v) is 10.1. The maximum Gasteiger partial charge on any atom is 0.338 e. The summed E-state index contributed by atoms with van der Waals surface area (Å²) in [6.45, 7) is 7.19. The summed E-state index contributed by atoms with van der Waals surface area (Å²) in [4.78, 5) is 25.6. The lowest BCUT2D eigenvalue weighted by atomic mass is 10.1. The van der Waals surface area contributed by atoms with E-state index in [2.05, 4.69) is 0 Å². The summed E-state index contributed by atoms with van der Waals surface area (Å²) in [7, 11) is 0. The van der Waals surface area contributed by atoms with Crippen molar-refractivity contribution in [2.24, 2.45) is 0 Å². The molecule has 2 aromatic carbocycles. The first kappa shape index (κ1) is 23.6. The van der Waals surface area contributed by atoms with E-state index in [0.717, 1.165) is 11.1 Å². The third kappa shape index (κ3) is 7.97. The van der Waals surface area contributed by atoms with Crippen molar-refractivity contribution in [2.75, 3.05) is 0 Å². The average molecular weight is 414 g/mol. The highest BCUT2D eigenvalue weighted by Gasteiger charge is 2.39. The molecule has 0 fully saturated rings. The molecule has 2 rings (SSSR count). The summed E-state index contributed by atoms with van der Waals surface area (Å²) >= 11 is 0. The molecule has 0 unspecified atom stereocenters. The van der Waals surface area contributed by atoms with Crippen LogP contribution in [0.3, 0.4) is 0 Å². The van der Waals surface area contributed by atoms with E-state index in [1.807, 2.05) is 60.7 Å². The quantitative estimate of drug-likeness (QED) is 0.517. The Morgan fingerprint density at radius 1 is 0.633 bits per heavy atom. The van der Waals surface area contributed by atoms with Crippen LogP contribution in [0.5, 0.6) is 0 Å². The Morgan fingerprint density at radius 2 is 0.967 bits per heavy atom. The summed E-state index contributed by atoms with van der Waals surface area (Å²) in [5.74, 6) is -1.33. The topological polar surface area (TPSA) is 71.1 Å². The second-order valence-electron chi connectivity index (χ2n) is 7.41. The second kappa shape index (κ2) is 12.1. The van der Waals surface area contributed by atoms with Gasteiger partial charge in [0.05, 0.1) is 25.4 Å². The highest BCUT2D eigenvalue weighted by molar-refractivity contribution is 5.85. The Bertz CT molecular complexity index is 705. The molecule has 0 saturated heterocycles. The Kier molecular flexibility index (Phi) is 9.51. The van der Waals surface area contributed by atoms with Crippen LogP contribution in [0, 0.1) is 0 Å². The van der Waals surface area contributed by atoms with Gasteiger partial charge in [-0.2, -0.15) is 0 Å². The smallest absolute Gasteiger partial charge is 0.338 e. The highest BCUT2D eigenvalue weighted by Crippen LogP contribution is 2.16. The molecule has 0 amide bonds. The minimum atomic E-state index is -1.26. The molecule has 0 saturated carbocycles. The number of hydrogen-bond acceptors (Lipinski definition) is 6. The molecule has 162 valence electrons. The van der Waals surface area contributed by atoms with Gasteiger partial charge in [-0.3, -0.25) is 0 Å². The van der Waals surface area contributed by atoms with Crippen molar-refractivity contribution in [3.8, 4) is 0 Å². The number of carbonyl (C=O) groups excluding carboxylic acids is 2. The van der Waals surface area contributed by atoms with Gasteiger partial charge in [0.25, 0.3) is 0 Å². The summed E-state index contributed by atoms with van der Waals surface area (Å²) < 4.78 is 22.4. The monoisotopic (exact) mass is 414 g/mol. The van der Waals surface area contributed by atoms with Gasteiger partial charge in [0, 0.05) is 0 Å². The van der Waals surface area contributed by atoms with E-state index in [0.29, 0.717) is 0 Å². The third-order valence-corrected chi connectivity index (χ3v) is 3.99. The van der Waals surface area contributed by atoms with Crippen LogP contribution in [0.4, 0.5) is 0 Å². The van der Waals surface area contributed by atoms with Gasteiger partial charge < -0.3 is 18.9 Å². The van der Waals surface area contributed by atoms with Gasteiger partial charge in [0.1, 0.15) is 0 Å². The molecular formula is C24H30O6. The molecule has 0 aliphatic heterocycles. The Labute approximate surface area is 178 Å². The maximum atomic E-state index is 12.8. The number of ether oxygens (including phenoxy) is 4. The molecule has 0 N–H and O–H groups in total. The van der Waals surface area contributed by atoms with Crippen molar-refractivity contribution in [1.82, 2.24) is 0 Å². The van der Waals surface area contributed by atoms with Crippen molar-refractivity contribution in [1.29, 1.82) is 0 Å². The first-order chi connectivity index (χ1) is 14.4. The number of hydrogen-bond donors (Lipinski definition) is 0. The van der Waals surface area contributed by atoms with E-state index in [4.69, 9.17) is 18.9 Å². The number of rotatable bonds is 11. The van der Waals surface area contributed by atoms with Crippen molar-refractivity contribution in [3.05, 3.63) is 71.8 Å². The first-order valence-electron chi connectivity index (χ1n) is 10.1. The molecule has 6 nitrogen and oxygen atoms in total. The SMILES string of the molecule is CC(C)OC(=O)[C@@H](OCc1ccccc1)[C@H](OCc1ccccc1)C(=O)OC(C)C.